The van der Waals surface area contributed by atoms with E-state index in [2.05, 4.69) is 28.4 Å². The molecule has 1 fully saturated rings. The third-order valence-electron chi connectivity index (χ3n) is 3.47. The number of carbonyl (C=O) groups is 1. The highest BCUT2D eigenvalue weighted by atomic mass is 16.5. The van der Waals surface area contributed by atoms with Crippen molar-refractivity contribution in [3.63, 3.8) is 0 Å². The Hall–Kier alpha value is -0.650. The number of ether oxygens (including phenoxy) is 2. The molecule has 106 valence electrons. The van der Waals surface area contributed by atoms with Gasteiger partial charge in [-0.25, -0.2) is 0 Å². The molecule has 0 bridgehead atoms. The minimum atomic E-state index is -0.189. The van der Waals surface area contributed by atoms with Crippen LogP contribution in [-0.4, -0.2) is 74.9 Å². The summed E-state index contributed by atoms with van der Waals surface area (Å²) >= 11 is 0. The van der Waals surface area contributed by atoms with Crippen molar-refractivity contribution in [2.75, 3.05) is 53.0 Å². The van der Waals surface area contributed by atoms with E-state index in [1.807, 2.05) is 0 Å². The number of hydrogen-bond donors (Lipinski definition) is 0. The molecule has 0 aromatic heterocycles. The first-order valence-electron chi connectivity index (χ1n) is 6.82. The van der Waals surface area contributed by atoms with Crippen LogP contribution in [0.3, 0.4) is 0 Å². The van der Waals surface area contributed by atoms with Crippen molar-refractivity contribution in [1.82, 2.24) is 9.80 Å². The maximum atomic E-state index is 11.2. The SMILES string of the molecule is CCN(CC)CCN1CCOC(CC(=O)OC)C1. The predicted octanol–water partition coefficient (Wildman–Crippen LogP) is 0.592. The Morgan fingerprint density at radius 2 is 2.17 bits per heavy atom. The molecule has 0 radical (unpaired) electrons. The Morgan fingerprint density at radius 1 is 1.44 bits per heavy atom. The van der Waals surface area contributed by atoms with E-state index in [0.717, 1.165) is 39.3 Å². The molecule has 0 N–H and O–H groups in total. The molecule has 1 heterocycles. The first-order valence-corrected chi connectivity index (χ1v) is 6.82. The highest BCUT2D eigenvalue weighted by Crippen LogP contribution is 2.09. The lowest BCUT2D eigenvalue weighted by atomic mass is 10.2. The largest absolute Gasteiger partial charge is 0.469 e. The lowest BCUT2D eigenvalue weighted by Crippen LogP contribution is -2.46. The minimum absolute atomic E-state index is 0.0112. The molecule has 0 spiro atoms. The highest BCUT2D eigenvalue weighted by Gasteiger charge is 2.23. The van der Waals surface area contributed by atoms with Crippen molar-refractivity contribution < 1.29 is 14.3 Å². The van der Waals surface area contributed by atoms with Gasteiger partial charge < -0.3 is 14.4 Å². The summed E-state index contributed by atoms with van der Waals surface area (Å²) < 4.78 is 10.3. The number of hydrogen-bond acceptors (Lipinski definition) is 5. The third kappa shape index (κ3) is 5.33. The zero-order chi connectivity index (χ0) is 13.4. The van der Waals surface area contributed by atoms with E-state index >= 15 is 0 Å². The maximum Gasteiger partial charge on any atom is 0.308 e. The van der Waals surface area contributed by atoms with Crippen molar-refractivity contribution in [1.29, 1.82) is 0 Å². The number of likely N-dealkylation sites (N-methyl/N-ethyl adjacent to an activating group) is 1. The molecule has 5 nitrogen and oxygen atoms in total. The van der Waals surface area contributed by atoms with Crippen LogP contribution in [0.4, 0.5) is 0 Å². The smallest absolute Gasteiger partial charge is 0.308 e. The fourth-order valence-corrected chi connectivity index (χ4v) is 2.20. The average molecular weight is 258 g/mol. The van der Waals surface area contributed by atoms with Crippen LogP contribution in [0.15, 0.2) is 0 Å². The Morgan fingerprint density at radius 3 is 2.78 bits per heavy atom. The summed E-state index contributed by atoms with van der Waals surface area (Å²) in [7, 11) is 1.42. The summed E-state index contributed by atoms with van der Waals surface area (Å²) in [5.41, 5.74) is 0. The molecule has 0 aromatic carbocycles. The number of methoxy groups -OCH3 is 1. The van der Waals surface area contributed by atoms with Crippen LogP contribution in [0, 0.1) is 0 Å². The van der Waals surface area contributed by atoms with Gasteiger partial charge in [0.25, 0.3) is 0 Å². The standard InChI is InChI=1S/C13H26N2O3/c1-4-14(5-2)6-7-15-8-9-18-12(11-15)10-13(16)17-3/h12H,4-11H2,1-3H3. The predicted molar refractivity (Wildman–Crippen MR) is 70.6 cm³/mol. The Kier molecular flexibility index (Phi) is 7.23. The summed E-state index contributed by atoms with van der Waals surface area (Å²) in [5, 5.41) is 0. The molecule has 0 aliphatic carbocycles. The molecule has 1 aliphatic rings. The summed E-state index contributed by atoms with van der Waals surface area (Å²) in [6.45, 7) is 11.2. The molecule has 1 unspecified atom stereocenters. The molecule has 1 aliphatic heterocycles. The van der Waals surface area contributed by atoms with Gasteiger partial charge in [0.05, 0.1) is 26.2 Å². The van der Waals surface area contributed by atoms with Crippen LogP contribution in [-0.2, 0) is 14.3 Å². The quantitative estimate of drug-likeness (QED) is 0.625. The van der Waals surface area contributed by atoms with Gasteiger partial charge in [-0.15, -0.1) is 0 Å². The van der Waals surface area contributed by atoms with Crippen LogP contribution in [0.5, 0.6) is 0 Å². The van der Waals surface area contributed by atoms with E-state index in [0.29, 0.717) is 13.0 Å². The van der Waals surface area contributed by atoms with Crippen LogP contribution in [0.1, 0.15) is 20.3 Å². The average Bonchev–Trinajstić information content (AvgIpc) is 2.40. The van der Waals surface area contributed by atoms with Gasteiger partial charge in [0.2, 0.25) is 0 Å². The van der Waals surface area contributed by atoms with Gasteiger partial charge in [-0.2, -0.15) is 0 Å². The lowest BCUT2D eigenvalue weighted by molar-refractivity contribution is -0.145. The van der Waals surface area contributed by atoms with Gasteiger partial charge in [-0.1, -0.05) is 13.8 Å². The summed E-state index contributed by atoms with van der Waals surface area (Å²) in [6.07, 6.45) is 0.348. The van der Waals surface area contributed by atoms with Gasteiger partial charge in [-0.05, 0) is 13.1 Å². The number of rotatable bonds is 7. The summed E-state index contributed by atoms with van der Waals surface area (Å²) in [6, 6.07) is 0. The van der Waals surface area contributed by atoms with Crippen LogP contribution in [0.2, 0.25) is 0 Å². The topological polar surface area (TPSA) is 42.0 Å². The number of nitrogens with zero attached hydrogens (tertiary/aromatic N) is 2. The van der Waals surface area contributed by atoms with Crippen molar-refractivity contribution in [2.45, 2.75) is 26.4 Å². The van der Waals surface area contributed by atoms with E-state index in [1.165, 1.54) is 7.11 Å². The molecule has 1 saturated heterocycles. The minimum Gasteiger partial charge on any atom is -0.469 e. The van der Waals surface area contributed by atoms with Gasteiger partial charge in [-0.3, -0.25) is 9.69 Å². The second kappa shape index (κ2) is 8.45. The second-order valence-corrected chi connectivity index (χ2v) is 4.60. The van der Waals surface area contributed by atoms with E-state index in [4.69, 9.17) is 4.74 Å². The van der Waals surface area contributed by atoms with Gasteiger partial charge in [0, 0.05) is 26.2 Å². The van der Waals surface area contributed by atoms with E-state index in [1.54, 1.807) is 0 Å². The molecule has 0 amide bonds. The number of morpholine rings is 1. The summed E-state index contributed by atoms with van der Waals surface area (Å²) in [5.74, 6) is -0.189. The van der Waals surface area contributed by atoms with Crippen molar-refractivity contribution in [2.24, 2.45) is 0 Å². The van der Waals surface area contributed by atoms with Crippen molar-refractivity contribution >= 4 is 5.97 Å². The van der Waals surface area contributed by atoms with E-state index in [-0.39, 0.29) is 12.1 Å². The molecule has 18 heavy (non-hydrogen) atoms. The second-order valence-electron chi connectivity index (χ2n) is 4.60. The lowest BCUT2D eigenvalue weighted by Gasteiger charge is -2.33. The van der Waals surface area contributed by atoms with Crippen molar-refractivity contribution in [3.8, 4) is 0 Å². The molecule has 0 aromatic rings. The number of carbonyl (C=O) groups excluding carboxylic acids is 1. The van der Waals surface area contributed by atoms with Gasteiger partial charge >= 0.3 is 5.97 Å². The molecule has 5 heteroatoms. The maximum absolute atomic E-state index is 11.2. The van der Waals surface area contributed by atoms with E-state index < -0.39 is 0 Å². The first-order chi connectivity index (χ1) is 8.69. The molecule has 1 rings (SSSR count). The van der Waals surface area contributed by atoms with Gasteiger partial charge in [0.15, 0.2) is 0 Å². The number of esters is 1. The Bertz CT molecular complexity index is 244. The molecular formula is C13H26N2O3. The van der Waals surface area contributed by atoms with Crippen LogP contribution < -0.4 is 0 Å². The van der Waals surface area contributed by atoms with Crippen molar-refractivity contribution in [3.05, 3.63) is 0 Å². The fourth-order valence-electron chi connectivity index (χ4n) is 2.20. The van der Waals surface area contributed by atoms with Gasteiger partial charge in [0.1, 0.15) is 0 Å². The Labute approximate surface area is 110 Å². The summed E-state index contributed by atoms with van der Waals surface area (Å²) in [4.78, 5) is 16.0. The normalized spacial score (nSPS) is 21.2. The fraction of sp³-hybridized carbons (Fsp3) is 0.923. The molecule has 1 atom stereocenters. The van der Waals surface area contributed by atoms with Crippen LogP contribution in [0.25, 0.3) is 0 Å². The third-order valence-corrected chi connectivity index (χ3v) is 3.47. The Balaban J connectivity index is 2.28. The molecule has 0 saturated carbocycles. The zero-order valence-electron chi connectivity index (χ0n) is 11.9. The van der Waals surface area contributed by atoms with E-state index in [9.17, 15) is 4.79 Å². The highest BCUT2D eigenvalue weighted by molar-refractivity contribution is 5.69. The zero-order valence-corrected chi connectivity index (χ0v) is 11.9. The monoisotopic (exact) mass is 258 g/mol. The molecular weight excluding hydrogens is 232 g/mol. The first kappa shape index (κ1) is 15.4. The van der Waals surface area contributed by atoms with Crippen LogP contribution >= 0.6 is 0 Å².